The van der Waals surface area contributed by atoms with Crippen LogP contribution in [0.3, 0.4) is 0 Å². The van der Waals surface area contributed by atoms with Crippen LogP contribution in [0.1, 0.15) is 37.6 Å². The average Bonchev–Trinajstić information content (AvgIpc) is 2.48. The van der Waals surface area contributed by atoms with E-state index in [4.69, 9.17) is 5.73 Å². The first-order valence-electron chi connectivity index (χ1n) is 4.33. The molecule has 70 valence electrons. The minimum absolute atomic E-state index is 0.245. The molecule has 0 amide bonds. The molecule has 0 fully saturated rings. The van der Waals surface area contributed by atoms with Crippen molar-refractivity contribution in [1.29, 1.82) is 0 Å². The van der Waals surface area contributed by atoms with Crippen LogP contribution in [0.25, 0.3) is 6.20 Å². The lowest BCUT2D eigenvalue weighted by Gasteiger charge is -2.17. The molecule has 1 aromatic heterocycles. The minimum atomic E-state index is -0.245. The van der Waals surface area contributed by atoms with Crippen LogP contribution in [-0.2, 0) is 0 Å². The van der Waals surface area contributed by atoms with Crippen molar-refractivity contribution >= 4 is 6.20 Å². The maximum atomic E-state index is 5.77. The summed E-state index contributed by atoms with van der Waals surface area (Å²) in [6.07, 6.45) is 3.46. The summed E-state index contributed by atoms with van der Waals surface area (Å²) in [5.74, 6) is 2.07. The maximum absolute atomic E-state index is 5.77. The third kappa shape index (κ3) is 1.21. The van der Waals surface area contributed by atoms with Gasteiger partial charge in [-0.25, -0.2) is 0 Å². The zero-order chi connectivity index (χ0) is 9.42. The number of fused-ring (bicyclic) bond motifs is 1. The molecule has 1 aliphatic heterocycles. The van der Waals surface area contributed by atoms with Crippen LogP contribution in [0.5, 0.6) is 0 Å². The van der Waals surface area contributed by atoms with Gasteiger partial charge in [0.2, 0.25) is 0 Å². The molecule has 0 radical (unpaired) electrons. The summed E-state index contributed by atoms with van der Waals surface area (Å²) in [4.78, 5) is 0. The smallest absolute Gasteiger partial charge is 0.174 e. The zero-order valence-corrected chi connectivity index (χ0v) is 7.73. The van der Waals surface area contributed by atoms with E-state index >= 15 is 0 Å². The number of nitrogens with zero attached hydrogens (tertiary/aromatic N) is 3. The normalized spacial score (nSPS) is 20.2. The molecule has 1 unspecified atom stereocenters. The number of nitrogens with one attached hydrogen (secondary N) is 1. The second-order valence-corrected chi connectivity index (χ2v) is 3.40. The van der Waals surface area contributed by atoms with Gasteiger partial charge in [0.25, 0.3) is 0 Å². The van der Waals surface area contributed by atoms with Crippen molar-refractivity contribution in [3.63, 3.8) is 0 Å². The Balaban J connectivity index is 2.49. The molecule has 0 aromatic carbocycles. The van der Waals surface area contributed by atoms with Crippen LogP contribution < -0.4 is 11.1 Å². The molecule has 0 saturated heterocycles. The third-order valence-corrected chi connectivity index (χ3v) is 2.04. The van der Waals surface area contributed by atoms with Gasteiger partial charge in [0, 0.05) is 18.3 Å². The molecule has 1 aliphatic rings. The highest BCUT2D eigenvalue weighted by Crippen LogP contribution is 2.18. The van der Waals surface area contributed by atoms with Gasteiger partial charge >= 0.3 is 0 Å². The van der Waals surface area contributed by atoms with Crippen molar-refractivity contribution < 1.29 is 0 Å². The summed E-state index contributed by atoms with van der Waals surface area (Å²) in [5, 5.41) is 11.1. The lowest BCUT2D eigenvalue weighted by molar-refractivity contribution is 0.580. The number of rotatable bonds is 1. The first-order chi connectivity index (χ1) is 6.20. The molecule has 0 bridgehead atoms. The molecular formula is C8H13N5. The molecule has 0 saturated carbocycles. The Morgan fingerprint density at radius 2 is 2.31 bits per heavy atom. The van der Waals surface area contributed by atoms with Gasteiger partial charge < -0.3 is 11.1 Å². The standard InChI is InChI=1S/C8H13N5/c1-5(2)7-11-12-8-6(9)10-3-4-13(7)8/h3-6,10H,9H2,1-2H3. The van der Waals surface area contributed by atoms with Crippen molar-refractivity contribution in [3.8, 4) is 0 Å². The average molecular weight is 179 g/mol. The molecule has 1 aromatic rings. The monoisotopic (exact) mass is 179 g/mol. The second kappa shape index (κ2) is 2.85. The van der Waals surface area contributed by atoms with Crippen LogP contribution in [-0.4, -0.2) is 14.8 Å². The van der Waals surface area contributed by atoms with Crippen LogP contribution in [0.15, 0.2) is 6.20 Å². The van der Waals surface area contributed by atoms with E-state index in [-0.39, 0.29) is 6.17 Å². The Labute approximate surface area is 76.6 Å². The van der Waals surface area contributed by atoms with Gasteiger partial charge in [0.05, 0.1) is 0 Å². The quantitative estimate of drug-likeness (QED) is 0.654. The van der Waals surface area contributed by atoms with Gasteiger partial charge in [-0.1, -0.05) is 13.8 Å². The summed E-state index contributed by atoms with van der Waals surface area (Å²) in [7, 11) is 0. The predicted octanol–water partition coefficient (Wildman–Crippen LogP) is 0.390. The fourth-order valence-electron chi connectivity index (χ4n) is 1.37. The number of hydrogen-bond acceptors (Lipinski definition) is 4. The molecule has 1 atom stereocenters. The van der Waals surface area contributed by atoms with Gasteiger partial charge in [0.1, 0.15) is 12.0 Å². The second-order valence-electron chi connectivity index (χ2n) is 3.40. The number of hydrogen-bond donors (Lipinski definition) is 2. The minimum Gasteiger partial charge on any atom is -0.368 e. The van der Waals surface area contributed by atoms with Gasteiger partial charge in [-0.2, -0.15) is 0 Å². The summed E-state index contributed by atoms with van der Waals surface area (Å²) >= 11 is 0. The Hall–Kier alpha value is -1.36. The highest BCUT2D eigenvalue weighted by Gasteiger charge is 2.19. The maximum Gasteiger partial charge on any atom is 0.174 e. The van der Waals surface area contributed by atoms with Crippen molar-refractivity contribution in [3.05, 3.63) is 17.8 Å². The van der Waals surface area contributed by atoms with Crippen molar-refractivity contribution in [2.45, 2.75) is 25.9 Å². The lowest BCUT2D eigenvalue weighted by atomic mass is 10.2. The van der Waals surface area contributed by atoms with Crippen molar-refractivity contribution in [2.24, 2.45) is 5.73 Å². The largest absolute Gasteiger partial charge is 0.368 e. The lowest BCUT2D eigenvalue weighted by Crippen LogP contribution is -2.30. The molecule has 0 spiro atoms. The molecular weight excluding hydrogens is 166 g/mol. The molecule has 5 heteroatoms. The van der Waals surface area contributed by atoms with Crippen LogP contribution in [0.2, 0.25) is 0 Å². The van der Waals surface area contributed by atoms with Crippen LogP contribution in [0.4, 0.5) is 0 Å². The van der Waals surface area contributed by atoms with E-state index in [2.05, 4.69) is 29.4 Å². The first kappa shape index (κ1) is 8.25. The topological polar surface area (TPSA) is 68.8 Å². The Kier molecular flexibility index (Phi) is 1.81. The summed E-state index contributed by atoms with van der Waals surface area (Å²) in [5.41, 5.74) is 5.77. The van der Waals surface area contributed by atoms with E-state index in [1.807, 2.05) is 17.0 Å². The Morgan fingerprint density at radius 1 is 1.54 bits per heavy atom. The highest BCUT2D eigenvalue weighted by molar-refractivity contribution is 5.31. The summed E-state index contributed by atoms with van der Waals surface area (Å²) in [6.45, 7) is 4.16. The fourth-order valence-corrected chi connectivity index (χ4v) is 1.37. The number of nitrogens with two attached hydrogens (primary N) is 1. The van der Waals surface area contributed by atoms with Gasteiger partial charge in [-0.05, 0) is 0 Å². The predicted molar refractivity (Wildman–Crippen MR) is 49.5 cm³/mol. The SMILES string of the molecule is CC(C)c1nnc2n1C=CNC2N. The third-order valence-electron chi connectivity index (χ3n) is 2.04. The summed E-state index contributed by atoms with van der Waals surface area (Å²) < 4.78 is 1.94. The Bertz CT molecular complexity index is 338. The van der Waals surface area contributed by atoms with E-state index < -0.39 is 0 Å². The van der Waals surface area contributed by atoms with Crippen molar-refractivity contribution in [2.75, 3.05) is 0 Å². The fraction of sp³-hybridized carbons (Fsp3) is 0.500. The van der Waals surface area contributed by atoms with Gasteiger partial charge in [-0.15, -0.1) is 10.2 Å². The number of aromatic nitrogens is 3. The van der Waals surface area contributed by atoms with Gasteiger partial charge in [-0.3, -0.25) is 4.57 Å². The molecule has 0 aliphatic carbocycles. The van der Waals surface area contributed by atoms with Crippen LogP contribution in [0, 0.1) is 0 Å². The van der Waals surface area contributed by atoms with E-state index in [0.29, 0.717) is 5.92 Å². The molecule has 2 heterocycles. The summed E-state index contributed by atoms with van der Waals surface area (Å²) in [6, 6.07) is 0. The van der Waals surface area contributed by atoms with E-state index in [0.717, 1.165) is 11.6 Å². The van der Waals surface area contributed by atoms with Crippen molar-refractivity contribution in [1.82, 2.24) is 20.1 Å². The highest BCUT2D eigenvalue weighted by atomic mass is 15.3. The van der Waals surface area contributed by atoms with E-state index in [1.165, 1.54) is 0 Å². The van der Waals surface area contributed by atoms with E-state index in [1.54, 1.807) is 0 Å². The van der Waals surface area contributed by atoms with Gasteiger partial charge in [0.15, 0.2) is 5.82 Å². The molecule has 5 nitrogen and oxygen atoms in total. The molecule has 2 rings (SSSR count). The molecule has 13 heavy (non-hydrogen) atoms. The first-order valence-corrected chi connectivity index (χ1v) is 4.33. The Morgan fingerprint density at radius 3 is 3.00 bits per heavy atom. The zero-order valence-electron chi connectivity index (χ0n) is 7.73. The van der Waals surface area contributed by atoms with Crippen LogP contribution >= 0.6 is 0 Å². The van der Waals surface area contributed by atoms with E-state index in [9.17, 15) is 0 Å². The molecule has 3 N–H and O–H groups in total.